The molecule has 7 nitrogen and oxygen atoms in total. The van der Waals surface area contributed by atoms with Crippen LogP contribution < -0.4 is 10.2 Å². The van der Waals surface area contributed by atoms with E-state index in [4.69, 9.17) is 4.52 Å². The Morgan fingerprint density at radius 1 is 1.04 bits per heavy atom. The van der Waals surface area contributed by atoms with Crippen molar-refractivity contribution < 1.29 is 12.9 Å². The van der Waals surface area contributed by atoms with Gasteiger partial charge in [0.15, 0.2) is 5.43 Å². The van der Waals surface area contributed by atoms with Gasteiger partial charge >= 0.3 is 0 Å². The summed E-state index contributed by atoms with van der Waals surface area (Å²) in [5, 5.41) is 5.49. The minimum Gasteiger partial charge on any atom is -0.361 e. The largest absolute Gasteiger partial charge is 0.361 e. The average Bonchev–Trinajstić information content (AvgIpc) is 2.90. The lowest BCUT2D eigenvalue weighted by molar-refractivity contribution is 0.393. The van der Waals surface area contributed by atoms with Crippen molar-refractivity contribution in [3.8, 4) is 11.1 Å². The molecule has 0 amide bonds. The number of nitrogens with one attached hydrogen (secondary N) is 1. The minimum absolute atomic E-state index is 0.228. The molecule has 4 aromatic rings. The van der Waals surface area contributed by atoms with Gasteiger partial charge in [0, 0.05) is 33.8 Å². The highest BCUT2D eigenvalue weighted by molar-refractivity contribution is 7.92. The Balaban J connectivity index is 2.01. The highest BCUT2D eigenvalue weighted by atomic mass is 32.2. The highest BCUT2D eigenvalue weighted by Crippen LogP contribution is 2.28. The van der Waals surface area contributed by atoms with Crippen molar-refractivity contribution in [2.24, 2.45) is 0 Å². The van der Waals surface area contributed by atoms with E-state index in [1.165, 1.54) is 0 Å². The zero-order valence-corrected chi connectivity index (χ0v) is 16.3. The monoisotopic (exact) mass is 395 g/mol. The minimum atomic E-state index is -3.45. The molecular weight excluding hydrogens is 378 g/mol. The van der Waals surface area contributed by atoms with Crippen LogP contribution in [0.3, 0.4) is 0 Å². The molecule has 0 saturated heterocycles. The van der Waals surface area contributed by atoms with E-state index in [9.17, 15) is 13.2 Å². The van der Waals surface area contributed by atoms with Crippen LogP contribution in [0.1, 0.15) is 11.5 Å². The zero-order chi connectivity index (χ0) is 20.1. The van der Waals surface area contributed by atoms with Crippen molar-refractivity contribution in [2.45, 2.75) is 13.8 Å². The molecule has 0 aliphatic heterocycles. The Hall–Kier alpha value is -3.26. The summed E-state index contributed by atoms with van der Waals surface area (Å²) < 4.78 is 30.7. The van der Waals surface area contributed by atoms with E-state index in [0.717, 1.165) is 23.1 Å². The number of rotatable bonds is 3. The van der Waals surface area contributed by atoms with Gasteiger partial charge < -0.3 is 4.52 Å². The van der Waals surface area contributed by atoms with Gasteiger partial charge in [-0.3, -0.25) is 14.5 Å². The van der Waals surface area contributed by atoms with Gasteiger partial charge in [-0.15, -0.1) is 0 Å². The van der Waals surface area contributed by atoms with Crippen LogP contribution in [0.25, 0.3) is 32.8 Å². The van der Waals surface area contributed by atoms with Crippen molar-refractivity contribution in [1.82, 2.24) is 10.1 Å². The van der Waals surface area contributed by atoms with E-state index >= 15 is 0 Å². The first-order valence-electron chi connectivity index (χ1n) is 8.51. The molecule has 2 aromatic heterocycles. The van der Waals surface area contributed by atoms with Crippen LogP contribution in [0.5, 0.6) is 0 Å². The van der Waals surface area contributed by atoms with Gasteiger partial charge in [0.25, 0.3) is 0 Å². The molecule has 0 bridgehead atoms. The van der Waals surface area contributed by atoms with E-state index in [2.05, 4.69) is 14.9 Å². The Morgan fingerprint density at radius 3 is 2.46 bits per heavy atom. The van der Waals surface area contributed by atoms with Gasteiger partial charge in [-0.1, -0.05) is 17.3 Å². The maximum Gasteiger partial charge on any atom is 0.229 e. The van der Waals surface area contributed by atoms with E-state index in [1.807, 2.05) is 6.92 Å². The Kier molecular flexibility index (Phi) is 4.15. The third-order valence-corrected chi connectivity index (χ3v) is 5.11. The molecule has 0 fully saturated rings. The molecule has 0 aliphatic carbocycles. The number of hydrogen-bond donors (Lipinski definition) is 1. The van der Waals surface area contributed by atoms with Gasteiger partial charge in [-0.2, -0.15) is 0 Å². The molecule has 0 saturated carbocycles. The summed E-state index contributed by atoms with van der Waals surface area (Å²) in [7, 11) is -3.45. The van der Waals surface area contributed by atoms with Crippen molar-refractivity contribution in [3.63, 3.8) is 0 Å². The van der Waals surface area contributed by atoms with Crippen LogP contribution in [-0.4, -0.2) is 24.8 Å². The number of aromatic nitrogens is 2. The van der Waals surface area contributed by atoms with Crippen LogP contribution in [0.2, 0.25) is 0 Å². The molecule has 0 radical (unpaired) electrons. The second-order valence-corrected chi connectivity index (χ2v) is 8.44. The second-order valence-electron chi connectivity index (χ2n) is 6.69. The third-order valence-electron chi connectivity index (χ3n) is 4.51. The second kappa shape index (κ2) is 6.42. The van der Waals surface area contributed by atoms with Crippen LogP contribution in [-0.2, 0) is 10.0 Å². The zero-order valence-electron chi connectivity index (χ0n) is 15.5. The van der Waals surface area contributed by atoms with Crippen LogP contribution in [0, 0.1) is 13.8 Å². The summed E-state index contributed by atoms with van der Waals surface area (Å²) in [6.45, 7) is 3.64. The van der Waals surface area contributed by atoms with Crippen LogP contribution in [0.4, 0.5) is 5.69 Å². The van der Waals surface area contributed by atoms with Crippen molar-refractivity contribution in [1.29, 1.82) is 0 Å². The molecule has 0 atom stereocenters. The number of anilines is 1. The lowest BCUT2D eigenvalue weighted by Gasteiger charge is -2.04. The third kappa shape index (κ3) is 3.22. The Labute approximate surface area is 161 Å². The molecule has 28 heavy (non-hydrogen) atoms. The standard InChI is InChI=1S/C20H17N3O4S/c1-11-19(12(2)27-22-11)14-8-17-18(21-10-14)7-5-13-4-6-15(23-28(3,25)26)9-16(13)20(17)24/h4-10,23H,1-3H3. The number of aryl methyl sites for hydroxylation is 2. The SMILES string of the molecule is Cc1noc(C)c1-c1cnc2ccc3ccc(NS(C)(=O)=O)cc3c(=O)c2c1. The fourth-order valence-corrected chi connectivity index (χ4v) is 3.87. The van der Waals surface area contributed by atoms with Crippen molar-refractivity contribution in [2.75, 3.05) is 11.0 Å². The summed E-state index contributed by atoms with van der Waals surface area (Å²) in [6, 6.07) is 10.2. The number of fused-ring (bicyclic) bond motifs is 2. The molecule has 142 valence electrons. The smallest absolute Gasteiger partial charge is 0.229 e. The number of sulfonamides is 1. The number of hydrogen-bond acceptors (Lipinski definition) is 6. The van der Waals surface area contributed by atoms with E-state index in [1.54, 1.807) is 49.5 Å². The molecular formula is C20H17N3O4S. The predicted molar refractivity (Wildman–Crippen MR) is 109 cm³/mol. The predicted octanol–water partition coefficient (Wildman–Crippen LogP) is 3.39. The normalized spacial score (nSPS) is 11.8. The number of nitrogens with zero attached hydrogens (tertiary/aromatic N) is 2. The van der Waals surface area contributed by atoms with Gasteiger partial charge in [0.2, 0.25) is 10.0 Å². The number of benzene rings is 1. The van der Waals surface area contributed by atoms with Gasteiger partial charge in [-0.25, -0.2) is 8.42 Å². The van der Waals surface area contributed by atoms with E-state index in [0.29, 0.717) is 33.1 Å². The molecule has 0 aliphatic rings. The first-order valence-corrected chi connectivity index (χ1v) is 10.4. The topological polar surface area (TPSA) is 102 Å². The molecule has 1 N–H and O–H groups in total. The number of pyridine rings is 1. The Bertz CT molecular complexity index is 1390. The summed E-state index contributed by atoms with van der Waals surface area (Å²) in [6.07, 6.45) is 2.76. The fourth-order valence-electron chi connectivity index (χ4n) is 3.31. The molecule has 0 unspecified atom stereocenters. The summed E-state index contributed by atoms with van der Waals surface area (Å²) in [5.74, 6) is 0.649. The van der Waals surface area contributed by atoms with Crippen molar-refractivity contribution in [3.05, 3.63) is 64.3 Å². The van der Waals surface area contributed by atoms with E-state index < -0.39 is 10.0 Å². The first-order chi connectivity index (χ1) is 13.2. The quantitative estimate of drug-likeness (QED) is 0.570. The molecule has 2 aromatic carbocycles. The average molecular weight is 395 g/mol. The lowest BCUT2D eigenvalue weighted by atomic mass is 10.0. The van der Waals surface area contributed by atoms with Crippen LogP contribution in [0.15, 0.2) is 51.9 Å². The first kappa shape index (κ1) is 18.1. The van der Waals surface area contributed by atoms with E-state index in [-0.39, 0.29) is 5.43 Å². The maximum atomic E-state index is 13.2. The summed E-state index contributed by atoms with van der Waals surface area (Å²) >= 11 is 0. The maximum absolute atomic E-state index is 13.2. The van der Waals surface area contributed by atoms with Crippen LogP contribution >= 0.6 is 0 Å². The van der Waals surface area contributed by atoms with Crippen molar-refractivity contribution >= 4 is 37.4 Å². The van der Waals surface area contributed by atoms with Gasteiger partial charge in [-0.05, 0) is 43.5 Å². The molecule has 0 spiro atoms. The summed E-state index contributed by atoms with van der Waals surface area (Å²) in [4.78, 5) is 17.7. The molecule has 4 rings (SSSR count). The van der Waals surface area contributed by atoms with Gasteiger partial charge in [0.05, 0.1) is 17.5 Å². The van der Waals surface area contributed by atoms with Gasteiger partial charge in [0.1, 0.15) is 5.76 Å². The Morgan fingerprint density at radius 2 is 1.79 bits per heavy atom. The molecule has 8 heteroatoms. The highest BCUT2D eigenvalue weighted by Gasteiger charge is 2.14. The summed E-state index contributed by atoms with van der Waals surface area (Å²) in [5.41, 5.74) is 2.93. The fraction of sp³-hybridized carbons (Fsp3) is 0.150. The lowest BCUT2D eigenvalue weighted by Crippen LogP contribution is -2.10. The molecule has 2 heterocycles.